The number of rotatable bonds is 7. The lowest BCUT2D eigenvalue weighted by molar-refractivity contribution is 0.0442. The van der Waals surface area contributed by atoms with E-state index in [0.29, 0.717) is 25.2 Å². The van der Waals surface area contributed by atoms with E-state index in [-0.39, 0.29) is 0 Å². The number of aliphatic hydroxyl groups excluding tert-OH is 1. The zero-order valence-corrected chi connectivity index (χ0v) is 13.6. The predicted octanol–water partition coefficient (Wildman–Crippen LogP) is 2.96. The van der Waals surface area contributed by atoms with Crippen LogP contribution in [-0.4, -0.2) is 41.3 Å². The Kier molecular flexibility index (Phi) is 6.50. The van der Waals surface area contributed by atoms with Crippen molar-refractivity contribution in [1.82, 2.24) is 4.90 Å². The first-order valence-corrected chi connectivity index (χ1v) is 7.36. The van der Waals surface area contributed by atoms with Crippen molar-refractivity contribution in [2.24, 2.45) is 0 Å². The summed E-state index contributed by atoms with van der Waals surface area (Å²) >= 11 is 0. The van der Waals surface area contributed by atoms with Crippen molar-refractivity contribution in [2.45, 2.75) is 59.7 Å². The van der Waals surface area contributed by atoms with Gasteiger partial charge in [0.2, 0.25) is 0 Å². The summed E-state index contributed by atoms with van der Waals surface area (Å²) in [5, 5.41) is 10.2. The molecule has 1 N–H and O–H groups in total. The molecular weight excluding hydrogens is 250 g/mol. The fourth-order valence-corrected chi connectivity index (χ4v) is 2.45. The molecule has 0 aromatic heterocycles. The number of hydrogen-bond donors (Lipinski definition) is 1. The summed E-state index contributed by atoms with van der Waals surface area (Å²) in [6.45, 7) is 13.5. The smallest absolute Gasteiger partial charge is 0.125 e. The Morgan fingerprint density at radius 1 is 1.10 bits per heavy atom. The molecule has 0 amide bonds. The van der Waals surface area contributed by atoms with Gasteiger partial charge in [0, 0.05) is 18.6 Å². The SMILES string of the molecule is Cc1c[c]cc(C)c1OCC(O)CN(C(C)C)C(C)C. The second-order valence-electron chi connectivity index (χ2n) is 6.00. The van der Waals surface area contributed by atoms with Gasteiger partial charge in [-0.05, 0) is 70.9 Å². The Bertz CT molecular complexity index is 387. The molecule has 0 saturated carbocycles. The molecule has 20 heavy (non-hydrogen) atoms. The van der Waals surface area contributed by atoms with Crippen LogP contribution in [0.5, 0.6) is 5.75 Å². The van der Waals surface area contributed by atoms with Gasteiger partial charge in [-0.3, -0.25) is 4.90 Å². The molecule has 0 aliphatic carbocycles. The number of hydrogen-bond acceptors (Lipinski definition) is 3. The van der Waals surface area contributed by atoms with Gasteiger partial charge >= 0.3 is 0 Å². The zero-order valence-electron chi connectivity index (χ0n) is 13.6. The quantitative estimate of drug-likeness (QED) is 0.832. The summed E-state index contributed by atoms with van der Waals surface area (Å²) in [6, 6.07) is 7.71. The molecule has 0 aliphatic heterocycles. The van der Waals surface area contributed by atoms with Crippen LogP contribution >= 0.6 is 0 Å². The number of aryl methyl sites for hydroxylation is 2. The maximum absolute atomic E-state index is 10.2. The van der Waals surface area contributed by atoms with E-state index in [9.17, 15) is 5.11 Å². The van der Waals surface area contributed by atoms with Gasteiger partial charge in [-0.1, -0.05) is 0 Å². The maximum atomic E-state index is 10.2. The highest BCUT2D eigenvalue weighted by Crippen LogP contribution is 2.22. The monoisotopic (exact) mass is 278 g/mol. The molecule has 3 nitrogen and oxygen atoms in total. The zero-order chi connectivity index (χ0) is 15.3. The number of benzene rings is 1. The van der Waals surface area contributed by atoms with Crippen LogP contribution in [0.4, 0.5) is 0 Å². The molecule has 1 unspecified atom stereocenters. The Balaban J connectivity index is 2.57. The summed E-state index contributed by atoms with van der Waals surface area (Å²) in [6.07, 6.45) is -0.484. The van der Waals surface area contributed by atoms with E-state index in [4.69, 9.17) is 4.74 Å². The van der Waals surface area contributed by atoms with Gasteiger partial charge in [-0.15, -0.1) is 0 Å². The Morgan fingerprint density at radius 2 is 1.60 bits per heavy atom. The normalized spacial score (nSPS) is 13.3. The molecule has 1 aromatic carbocycles. The van der Waals surface area contributed by atoms with Crippen LogP contribution in [0.2, 0.25) is 0 Å². The van der Waals surface area contributed by atoms with Crippen LogP contribution in [0.15, 0.2) is 12.1 Å². The lowest BCUT2D eigenvalue weighted by atomic mass is 10.1. The van der Waals surface area contributed by atoms with E-state index >= 15 is 0 Å². The van der Waals surface area contributed by atoms with Crippen molar-refractivity contribution < 1.29 is 9.84 Å². The highest BCUT2D eigenvalue weighted by molar-refractivity contribution is 5.39. The predicted molar refractivity (Wildman–Crippen MR) is 83.2 cm³/mol. The van der Waals surface area contributed by atoms with E-state index in [1.807, 2.05) is 26.0 Å². The van der Waals surface area contributed by atoms with E-state index in [1.165, 1.54) is 0 Å². The number of nitrogens with zero attached hydrogens (tertiary/aromatic N) is 1. The fraction of sp³-hybridized carbons (Fsp3) is 0.647. The van der Waals surface area contributed by atoms with Gasteiger partial charge in [0.15, 0.2) is 0 Å². The van der Waals surface area contributed by atoms with Gasteiger partial charge < -0.3 is 9.84 Å². The highest BCUT2D eigenvalue weighted by Gasteiger charge is 2.18. The van der Waals surface area contributed by atoms with Gasteiger partial charge in [0.1, 0.15) is 18.5 Å². The van der Waals surface area contributed by atoms with Crippen LogP contribution < -0.4 is 4.74 Å². The third-order valence-electron chi connectivity index (χ3n) is 3.48. The average Bonchev–Trinajstić information content (AvgIpc) is 2.34. The minimum absolute atomic E-state index is 0.321. The molecular formula is C17H28NO2. The van der Waals surface area contributed by atoms with E-state index in [1.54, 1.807) is 0 Å². The largest absolute Gasteiger partial charge is 0.490 e. The molecule has 0 saturated heterocycles. The average molecular weight is 278 g/mol. The Labute approximate surface area is 123 Å². The maximum Gasteiger partial charge on any atom is 0.125 e. The summed E-state index contributed by atoms with van der Waals surface area (Å²) in [5.74, 6) is 0.864. The molecule has 0 heterocycles. The lowest BCUT2D eigenvalue weighted by Gasteiger charge is -2.32. The van der Waals surface area contributed by atoms with Crippen molar-refractivity contribution in [3.05, 3.63) is 29.3 Å². The van der Waals surface area contributed by atoms with Gasteiger partial charge in [-0.25, -0.2) is 0 Å². The number of aliphatic hydroxyl groups is 1. The first kappa shape index (κ1) is 17.0. The Hall–Kier alpha value is -1.06. The highest BCUT2D eigenvalue weighted by atomic mass is 16.5. The topological polar surface area (TPSA) is 32.7 Å². The van der Waals surface area contributed by atoms with Crippen LogP contribution in [0, 0.1) is 19.9 Å². The first-order chi connectivity index (χ1) is 9.32. The molecule has 1 aromatic rings. The van der Waals surface area contributed by atoms with Crippen LogP contribution in [0.3, 0.4) is 0 Å². The molecule has 1 atom stereocenters. The first-order valence-electron chi connectivity index (χ1n) is 7.36. The Morgan fingerprint density at radius 3 is 2.05 bits per heavy atom. The van der Waals surface area contributed by atoms with Crippen molar-refractivity contribution in [2.75, 3.05) is 13.2 Å². The number of ether oxygens (including phenoxy) is 1. The van der Waals surface area contributed by atoms with Crippen LogP contribution in [0.1, 0.15) is 38.8 Å². The van der Waals surface area contributed by atoms with Crippen LogP contribution in [0.25, 0.3) is 0 Å². The van der Waals surface area contributed by atoms with E-state index < -0.39 is 6.10 Å². The molecule has 0 aliphatic rings. The van der Waals surface area contributed by atoms with E-state index in [0.717, 1.165) is 16.9 Å². The molecule has 0 fully saturated rings. The fourth-order valence-electron chi connectivity index (χ4n) is 2.45. The summed E-state index contributed by atoms with van der Waals surface area (Å²) in [7, 11) is 0. The third-order valence-corrected chi connectivity index (χ3v) is 3.48. The van der Waals surface area contributed by atoms with Gasteiger partial charge in [0.05, 0.1) is 0 Å². The second-order valence-corrected chi connectivity index (χ2v) is 6.00. The van der Waals surface area contributed by atoms with Crippen molar-refractivity contribution in [1.29, 1.82) is 0 Å². The molecule has 0 spiro atoms. The molecule has 3 heteroatoms. The summed E-state index contributed by atoms with van der Waals surface area (Å²) < 4.78 is 5.79. The minimum atomic E-state index is -0.484. The van der Waals surface area contributed by atoms with Crippen LogP contribution in [-0.2, 0) is 0 Å². The minimum Gasteiger partial charge on any atom is -0.490 e. The second kappa shape index (κ2) is 7.65. The molecule has 1 rings (SSSR count). The van der Waals surface area contributed by atoms with Gasteiger partial charge in [0.25, 0.3) is 0 Å². The standard InChI is InChI=1S/C17H28NO2/c1-12(2)18(13(3)4)10-16(19)11-20-17-14(5)8-7-9-15(17)6/h8-9,12-13,16,19H,10-11H2,1-6H3. The summed E-state index contributed by atoms with van der Waals surface area (Å²) in [4.78, 5) is 2.27. The molecule has 113 valence electrons. The lowest BCUT2D eigenvalue weighted by Crippen LogP contribution is -2.43. The molecule has 1 radical (unpaired) electrons. The molecule has 0 bridgehead atoms. The van der Waals surface area contributed by atoms with Gasteiger partial charge in [-0.2, -0.15) is 0 Å². The van der Waals surface area contributed by atoms with Crippen molar-refractivity contribution in [3.8, 4) is 5.75 Å². The van der Waals surface area contributed by atoms with Crippen molar-refractivity contribution >= 4 is 0 Å². The third kappa shape index (κ3) is 4.80. The summed E-state index contributed by atoms with van der Waals surface area (Å²) in [5.41, 5.74) is 2.11. The van der Waals surface area contributed by atoms with Crippen molar-refractivity contribution in [3.63, 3.8) is 0 Å². The van der Waals surface area contributed by atoms with E-state index in [2.05, 4.69) is 38.7 Å².